The van der Waals surface area contributed by atoms with Gasteiger partial charge in [0.25, 0.3) is 0 Å². The van der Waals surface area contributed by atoms with Gasteiger partial charge in [0, 0.05) is 22.2 Å². The number of Topliss-reactive ketones (excluding diaryl/α,β-unsaturated/α-hetero) is 1. The van der Waals surface area contributed by atoms with Gasteiger partial charge in [0.1, 0.15) is 0 Å². The Morgan fingerprint density at radius 3 is 2.46 bits per heavy atom. The van der Waals surface area contributed by atoms with Crippen LogP contribution in [0.2, 0.25) is 0 Å². The molecule has 3 aromatic carbocycles. The third-order valence-electron chi connectivity index (χ3n) is 5.07. The maximum Gasteiger partial charge on any atom is 0.417 e. The lowest BCUT2D eigenvalue weighted by molar-refractivity contribution is -0.138. The van der Waals surface area contributed by atoms with E-state index in [4.69, 9.17) is 5.73 Å². The lowest BCUT2D eigenvalue weighted by Crippen LogP contribution is -2.10. The Morgan fingerprint density at radius 2 is 1.71 bits per heavy atom. The van der Waals surface area contributed by atoms with Gasteiger partial charge in [0.2, 0.25) is 0 Å². The Morgan fingerprint density at radius 1 is 1.00 bits per heavy atom. The van der Waals surface area contributed by atoms with Gasteiger partial charge in [-0.05, 0) is 34.0 Å². The number of hydrogen-bond donors (Lipinski definition) is 1. The number of carbonyl (C=O) groups excluding carboxylic acids is 1. The summed E-state index contributed by atoms with van der Waals surface area (Å²) in [6.45, 7) is 0. The Bertz CT molecular complexity index is 1130. The monoisotopic (exact) mass is 445 g/mol. The van der Waals surface area contributed by atoms with E-state index in [1.807, 2.05) is 42.5 Å². The molecule has 6 heteroatoms. The number of alkyl halides is 3. The summed E-state index contributed by atoms with van der Waals surface area (Å²) in [4.78, 5) is 13.2. The highest BCUT2D eigenvalue weighted by Gasteiger charge is 2.37. The minimum absolute atomic E-state index is 0.0704. The number of fused-ring (bicyclic) bond motifs is 1. The highest BCUT2D eigenvalue weighted by Crippen LogP contribution is 2.43. The molecule has 0 amide bonds. The molecular weight excluding hydrogens is 431 g/mol. The fourth-order valence-electron chi connectivity index (χ4n) is 3.78. The summed E-state index contributed by atoms with van der Waals surface area (Å²) >= 11 is 2.93. The SMILES string of the molecule is NC1=C(c2ccc(Br)c(C(F)(F)F)c2)C(=O)C(c2cccc3ccccc23)C1. The van der Waals surface area contributed by atoms with Gasteiger partial charge in [-0.3, -0.25) is 4.79 Å². The molecule has 0 heterocycles. The molecule has 0 saturated carbocycles. The first-order valence-corrected chi connectivity index (χ1v) is 9.44. The van der Waals surface area contributed by atoms with Crippen molar-refractivity contribution >= 4 is 38.1 Å². The largest absolute Gasteiger partial charge is 0.417 e. The second-order valence-corrected chi connectivity index (χ2v) is 7.64. The van der Waals surface area contributed by atoms with Crippen molar-refractivity contribution in [3.63, 3.8) is 0 Å². The van der Waals surface area contributed by atoms with Crippen LogP contribution in [0.3, 0.4) is 0 Å². The second kappa shape index (κ2) is 6.78. The maximum absolute atomic E-state index is 13.3. The third-order valence-corrected chi connectivity index (χ3v) is 5.76. The molecule has 0 fully saturated rings. The molecule has 2 N–H and O–H groups in total. The summed E-state index contributed by atoms with van der Waals surface area (Å²) in [7, 11) is 0. The molecule has 1 aliphatic carbocycles. The zero-order valence-corrected chi connectivity index (χ0v) is 16.1. The van der Waals surface area contributed by atoms with Crippen molar-refractivity contribution in [2.24, 2.45) is 5.73 Å². The second-order valence-electron chi connectivity index (χ2n) is 6.78. The summed E-state index contributed by atoms with van der Waals surface area (Å²) in [5, 5.41) is 1.95. The smallest absolute Gasteiger partial charge is 0.401 e. The summed E-state index contributed by atoms with van der Waals surface area (Å²) in [6, 6.07) is 17.2. The van der Waals surface area contributed by atoms with E-state index in [9.17, 15) is 18.0 Å². The van der Waals surface area contributed by atoms with E-state index >= 15 is 0 Å². The first-order chi connectivity index (χ1) is 13.3. The number of halogens is 4. The van der Waals surface area contributed by atoms with Crippen molar-refractivity contribution in [3.8, 4) is 0 Å². The molecule has 0 aliphatic heterocycles. The van der Waals surface area contributed by atoms with Crippen LogP contribution >= 0.6 is 15.9 Å². The molecule has 2 nitrogen and oxygen atoms in total. The Hall–Kier alpha value is -2.60. The van der Waals surface area contributed by atoms with Crippen molar-refractivity contribution in [3.05, 3.63) is 87.5 Å². The molecule has 1 unspecified atom stereocenters. The Labute approximate surface area is 168 Å². The van der Waals surface area contributed by atoms with Crippen LogP contribution in [0, 0.1) is 0 Å². The van der Waals surface area contributed by atoms with Gasteiger partial charge < -0.3 is 5.73 Å². The molecule has 4 rings (SSSR count). The molecule has 0 spiro atoms. The van der Waals surface area contributed by atoms with Crippen LogP contribution in [-0.4, -0.2) is 5.78 Å². The van der Waals surface area contributed by atoms with Crippen LogP contribution in [0.25, 0.3) is 16.3 Å². The van der Waals surface area contributed by atoms with E-state index in [1.54, 1.807) is 0 Å². The van der Waals surface area contributed by atoms with Gasteiger partial charge in [-0.2, -0.15) is 13.2 Å². The number of nitrogens with two attached hydrogens (primary N) is 1. The van der Waals surface area contributed by atoms with Gasteiger partial charge >= 0.3 is 6.18 Å². The zero-order chi connectivity index (χ0) is 20.1. The molecule has 0 bridgehead atoms. The summed E-state index contributed by atoms with van der Waals surface area (Å²) in [5.74, 6) is -0.747. The van der Waals surface area contributed by atoms with Crippen molar-refractivity contribution < 1.29 is 18.0 Å². The van der Waals surface area contributed by atoms with E-state index in [0.717, 1.165) is 22.4 Å². The first kappa shape index (κ1) is 18.7. The third kappa shape index (κ3) is 3.11. The topological polar surface area (TPSA) is 43.1 Å². The Kier molecular flexibility index (Phi) is 4.54. The van der Waals surface area contributed by atoms with Crippen LogP contribution < -0.4 is 5.73 Å². The number of hydrogen-bond acceptors (Lipinski definition) is 2. The molecule has 1 atom stereocenters. The first-order valence-electron chi connectivity index (χ1n) is 8.65. The van der Waals surface area contributed by atoms with Gasteiger partial charge in [-0.15, -0.1) is 0 Å². The van der Waals surface area contributed by atoms with Crippen LogP contribution in [0.5, 0.6) is 0 Å². The molecule has 0 aromatic heterocycles. The van der Waals surface area contributed by atoms with E-state index in [-0.39, 0.29) is 21.4 Å². The van der Waals surface area contributed by atoms with E-state index in [0.29, 0.717) is 12.1 Å². The van der Waals surface area contributed by atoms with Gasteiger partial charge in [0.05, 0.1) is 11.5 Å². The number of allylic oxidation sites excluding steroid dienone is 2. The standard InChI is InChI=1S/C22H15BrF3NO/c23-18-9-8-13(10-17(18)22(24,25)26)20-19(27)11-16(21(20)28)15-7-3-5-12-4-1-2-6-14(12)15/h1-10,16H,11,27H2. The maximum atomic E-state index is 13.3. The fourth-order valence-corrected chi connectivity index (χ4v) is 4.25. The molecule has 28 heavy (non-hydrogen) atoms. The lowest BCUT2D eigenvalue weighted by atomic mass is 9.89. The van der Waals surface area contributed by atoms with Gasteiger partial charge in [-0.25, -0.2) is 0 Å². The number of ketones is 1. The fraction of sp³-hybridized carbons (Fsp3) is 0.136. The quantitative estimate of drug-likeness (QED) is 0.521. The summed E-state index contributed by atoms with van der Waals surface area (Å²) < 4.78 is 39.7. The number of carbonyl (C=O) groups is 1. The van der Waals surface area contributed by atoms with Gasteiger partial charge in [0.15, 0.2) is 5.78 Å². The van der Waals surface area contributed by atoms with Crippen LogP contribution in [0.1, 0.15) is 29.0 Å². The summed E-state index contributed by atoms with van der Waals surface area (Å²) in [5.41, 5.74) is 6.84. The lowest BCUT2D eigenvalue weighted by Gasteiger charge is -2.14. The van der Waals surface area contributed by atoms with Crippen molar-refractivity contribution in [1.29, 1.82) is 0 Å². The average molecular weight is 446 g/mol. The molecule has 3 aromatic rings. The minimum atomic E-state index is -4.53. The van der Waals surface area contributed by atoms with Crippen molar-refractivity contribution in [2.75, 3.05) is 0 Å². The minimum Gasteiger partial charge on any atom is -0.401 e. The zero-order valence-electron chi connectivity index (χ0n) is 14.6. The van der Waals surface area contributed by atoms with E-state index < -0.39 is 17.7 Å². The molecular formula is C22H15BrF3NO. The van der Waals surface area contributed by atoms with Crippen molar-refractivity contribution in [2.45, 2.75) is 18.5 Å². The predicted octanol–water partition coefficient (Wildman–Crippen LogP) is 6.05. The molecule has 142 valence electrons. The molecule has 0 saturated heterocycles. The van der Waals surface area contributed by atoms with Crippen LogP contribution in [0.4, 0.5) is 13.2 Å². The molecule has 0 radical (unpaired) electrons. The summed E-state index contributed by atoms with van der Waals surface area (Å²) in [6.07, 6.45) is -4.24. The van der Waals surface area contributed by atoms with Crippen LogP contribution in [0.15, 0.2) is 70.8 Å². The predicted molar refractivity (Wildman–Crippen MR) is 107 cm³/mol. The van der Waals surface area contributed by atoms with E-state index in [2.05, 4.69) is 15.9 Å². The highest BCUT2D eigenvalue weighted by atomic mass is 79.9. The van der Waals surface area contributed by atoms with E-state index in [1.165, 1.54) is 12.1 Å². The highest BCUT2D eigenvalue weighted by molar-refractivity contribution is 9.10. The number of rotatable bonds is 2. The normalized spacial score (nSPS) is 17.6. The number of benzene rings is 3. The Balaban J connectivity index is 1.78. The van der Waals surface area contributed by atoms with Gasteiger partial charge in [-0.1, -0.05) is 64.5 Å². The van der Waals surface area contributed by atoms with Crippen molar-refractivity contribution in [1.82, 2.24) is 0 Å². The van der Waals surface area contributed by atoms with Crippen LogP contribution in [-0.2, 0) is 11.0 Å². The molecule has 1 aliphatic rings. The average Bonchev–Trinajstić information content (AvgIpc) is 2.95.